The zero-order chi connectivity index (χ0) is 19.7. The molecule has 1 amide bonds. The molecule has 0 fully saturated rings. The van der Waals surface area contributed by atoms with E-state index in [4.69, 9.17) is 4.52 Å². The molecule has 0 aliphatic carbocycles. The molecule has 1 aromatic carbocycles. The summed E-state index contributed by atoms with van der Waals surface area (Å²) in [5, 5.41) is 8.28. The minimum absolute atomic E-state index is 0.0392. The average molecular weight is 416 g/mol. The van der Waals surface area contributed by atoms with Crippen LogP contribution in [0.25, 0.3) is 15.9 Å². The van der Waals surface area contributed by atoms with Crippen LogP contribution in [0, 0.1) is 12.7 Å². The van der Waals surface area contributed by atoms with E-state index in [0.717, 1.165) is 11.8 Å². The molecule has 28 heavy (non-hydrogen) atoms. The van der Waals surface area contributed by atoms with Crippen molar-refractivity contribution in [3.8, 4) is 5.69 Å². The fraction of sp³-hybridized carbons (Fsp3) is 0.111. The van der Waals surface area contributed by atoms with E-state index in [1.54, 1.807) is 36.6 Å². The first-order chi connectivity index (χ1) is 13.5. The molecule has 0 atom stereocenters. The van der Waals surface area contributed by atoms with Crippen molar-refractivity contribution in [3.63, 3.8) is 0 Å². The van der Waals surface area contributed by atoms with Crippen LogP contribution in [0.2, 0.25) is 0 Å². The number of carbonyl (C=O) groups excluding carboxylic acids is 1. The zero-order valence-electron chi connectivity index (χ0n) is 14.5. The average Bonchev–Trinajstić information content (AvgIpc) is 3.30. The summed E-state index contributed by atoms with van der Waals surface area (Å²) >= 11 is 2.28. The first-order valence-electron chi connectivity index (χ1n) is 8.14. The number of nitrogens with one attached hydrogen (secondary N) is 1. The number of halogens is 1. The van der Waals surface area contributed by atoms with Gasteiger partial charge < -0.3 is 9.84 Å². The lowest BCUT2D eigenvalue weighted by molar-refractivity contribution is -0.113. The molecule has 4 aromatic rings. The van der Waals surface area contributed by atoms with E-state index >= 15 is 0 Å². The van der Waals surface area contributed by atoms with E-state index in [-0.39, 0.29) is 28.1 Å². The molecule has 0 aliphatic rings. The van der Waals surface area contributed by atoms with Gasteiger partial charge >= 0.3 is 0 Å². The smallest absolute Gasteiger partial charge is 0.276 e. The van der Waals surface area contributed by atoms with Gasteiger partial charge in [-0.05, 0) is 30.5 Å². The highest BCUT2D eigenvalue weighted by Gasteiger charge is 2.18. The number of fused-ring (bicyclic) bond motifs is 1. The number of aromatic nitrogens is 3. The number of carbonyl (C=O) groups is 1. The summed E-state index contributed by atoms with van der Waals surface area (Å²) in [5.74, 6) is -0.0656. The molecule has 3 aromatic heterocycles. The number of benzene rings is 1. The quantitative estimate of drug-likeness (QED) is 0.395. The Labute approximate surface area is 166 Å². The van der Waals surface area contributed by atoms with Crippen LogP contribution in [0.4, 0.5) is 10.2 Å². The van der Waals surface area contributed by atoms with Crippen LogP contribution in [-0.2, 0) is 4.79 Å². The summed E-state index contributed by atoms with van der Waals surface area (Å²) in [6, 6.07) is 9.26. The number of aryl methyl sites for hydroxylation is 1. The van der Waals surface area contributed by atoms with Gasteiger partial charge in [-0.25, -0.2) is 9.37 Å². The fourth-order valence-electron chi connectivity index (χ4n) is 2.57. The molecule has 0 unspecified atom stereocenters. The maximum Gasteiger partial charge on any atom is 0.276 e. The van der Waals surface area contributed by atoms with E-state index in [0.29, 0.717) is 21.8 Å². The van der Waals surface area contributed by atoms with E-state index in [2.05, 4.69) is 15.5 Å². The monoisotopic (exact) mass is 416 g/mol. The lowest BCUT2D eigenvalue weighted by Crippen LogP contribution is -2.23. The molecule has 0 radical (unpaired) electrons. The van der Waals surface area contributed by atoms with Gasteiger partial charge in [0.05, 0.1) is 17.0 Å². The van der Waals surface area contributed by atoms with Crippen LogP contribution in [0.1, 0.15) is 5.76 Å². The van der Waals surface area contributed by atoms with Gasteiger partial charge in [-0.3, -0.25) is 14.2 Å². The van der Waals surface area contributed by atoms with Gasteiger partial charge in [0.25, 0.3) is 5.56 Å². The van der Waals surface area contributed by atoms with Crippen LogP contribution < -0.4 is 10.9 Å². The Bertz CT molecular complexity index is 1230. The van der Waals surface area contributed by atoms with Gasteiger partial charge in [-0.15, -0.1) is 11.3 Å². The number of rotatable bonds is 5. The van der Waals surface area contributed by atoms with Crippen molar-refractivity contribution in [1.82, 2.24) is 14.7 Å². The zero-order valence-corrected chi connectivity index (χ0v) is 16.1. The summed E-state index contributed by atoms with van der Waals surface area (Å²) in [6.07, 6.45) is 0. The second-order valence-corrected chi connectivity index (χ2v) is 7.64. The number of hydrogen-bond donors (Lipinski definition) is 1. The molecule has 4 rings (SSSR count). The maximum atomic E-state index is 14.4. The molecule has 0 spiro atoms. The third kappa shape index (κ3) is 3.56. The summed E-state index contributed by atoms with van der Waals surface area (Å²) in [7, 11) is 0. The first-order valence-corrected chi connectivity index (χ1v) is 10.0. The van der Waals surface area contributed by atoms with Crippen LogP contribution >= 0.6 is 23.1 Å². The van der Waals surface area contributed by atoms with Crippen molar-refractivity contribution in [2.45, 2.75) is 12.1 Å². The Morgan fingerprint density at radius 3 is 2.93 bits per heavy atom. The minimum Gasteiger partial charge on any atom is -0.360 e. The van der Waals surface area contributed by atoms with Gasteiger partial charge in [-0.1, -0.05) is 29.1 Å². The Hall–Kier alpha value is -2.98. The lowest BCUT2D eigenvalue weighted by atomic mass is 10.3. The third-order valence-electron chi connectivity index (χ3n) is 3.77. The number of anilines is 1. The van der Waals surface area contributed by atoms with Crippen LogP contribution in [0.5, 0.6) is 0 Å². The standard InChI is InChI=1S/C18H13FN4O3S2/c1-10-8-14(22-26-10)21-15(24)9-28-18-20-12-6-7-27-16(12)17(25)23(18)13-5-3-2-4-11(13)19/h2-8H,9H2,1H3,(H,21,22,24). The van der Waals surface area contributed by atoms with Crippen molar-refractivity contribution in [1.29, 1.82) is 0 Å². The first kappa shape index (κ1) is 18.4. The van der Waals surface area contributed by atoms with Crippen molar-refractivity contribution in [3.05, 3.63) is 63.7 Å². The van der Waals surface area contributed by atoms with Gasteiger partial charge in [0.2, 0.25) is 5.91 Å². The van der Waals surface area contributed by atoms with Crippen molar-refractivity contribution in [2.24, 2.45) is 0 Å². The largest absolute Gasteiger partial charge is 0.360 e. The minimum atomic E-state index is -0.549. The van der Waals surface area contributed by atoms with Crippen molar-refractivity contribution >= 4 is 45.0 Å². The molecular weight excluding hydrogens is 403 g/mol. The fourth-order valence-corrected chi connectivity index (χ4v) is 4.13. The summed E-state index contributed by atoms with van der Waals surface area (Å²) in [6.45, 7) is 1.71. The molecule has 0 saturated heterocycles. The number of thiophene rings is 1. The molecule has 7 nitrogen and oxygen atoms in total. The number of hydrogen-bond acceptors (Lipinski definition) is 7. The maximum absolute atomic E-state index is 14.4. The number of thioether (sulfide) groups is 1. The van der Waals surface area contributed by atoms with Gasteiger partial charge in [0, 0.05) is 6.07 Å². The highest BCUT2D eigenvalue weighted by atomic mass is 32.2. The highest BCUT2D eigenvalue weighted by Crippen LogP contribution is 2.25. The molecule has 10 heteroatoms. The Kier molecular flexibility index (Phi) is 4.97. The predicted molar refractivity (Wildman–Crippen MR) is 106 cm³/mol. The Morgan fingerprint density at radius 1 is 1.36 bits per heavy atom. The number of amides is 1. The summed E-state index contributed by atoms with van der Waals surface area (Å²) in [4.78, 5) is 29.6. The van der Waals surface area contributed by atoms with E-state index in [9.17, 15) is 14.0 Å². The number of para-hydroxylation sites is 1. The molecule has 0 saturated carbocycles. The second kappa shape index (κ2) is 7.56. The molecule has 0 aliphatic heterocycles. The Balaban J connectivity index is 1.68. The Morgan fingerprint density at radius 2 is 2.18 bits per heavy atom. The van der Waals surface area contributed by atoms with E-state index in [1.807, 2.05) is 0 Å². The second-order valence-electron chi connectivity index (χ2n) is 5.78. The predicted octanol–water partition coefficient (Wildman–Crippen LogP) is 3.61. The molecule has 0 bridgehead atoms. The van der Waals surface area contributed by atoms with Gasteiger partial charge in [-0.2, -0.15) is 0 Å². The molecule has 142 valence electrons. The van der Waals surface area contributed by atoms with E-state index < -0.39 is 5.82 Å². The molecule has 1 N–H and O–H groups in total. The lowest BCUT2D eigenvalue weighted by Gasteiger charge is -2.12. The van der Waals surface area contributed by atoms with Crippen molar-refractivity contribution < 1.29 is 13.7 Å². The van der Waals surface area contributed by atoms with Crippen LogP contribution in [0.15, 0.2) is 56.3 Å². The third-order valence-corrected chi connectivity index (χ3v) is 5.60. The number of nitrogens with zero attached hydrogens (tertiary/aromatic N) is 3. The topological polar surface area (TPSA) is 90.0 Å². The highest BCUT2D eigenvalue weighted by molar-refractivity contribution is 7.99. The van der Waals surface area contributed by atoms with Crippen LogP contribution in [0.3, 0.4) is 0 Å². The van der Waals surface area contributed by atoms with Gasteiger partial charge in [0.1, 0.15) is 16.3 Å². The normalized spacial score (nSPS) is 11.1. The summed E-state index contributed by atoms with van der Waals surface area (Å²) in [5.41, 5.74) is 0.225. The van der Waals surface area contributed by atoms with Crippen LogP contribution in [-0.4, -0.2) is 26.4 Å². The van der Waals surface area contributed by atoms with Gasteiger partial charge in [0.15, 0.2) is 11.0 Å². The van der Waals surface area contributed by atoms with E-state index in [1.165, 1.54) is 28.0 Å². The van der Waals surface area contributed by atoms with Crippen molar-refractivity contribution in [2.75, 3.05) is 11.1 Å². The SMILES string of the molecule is Cc1cc(NC(=O)CSc2nc3ccsc3c(=O)n2-c2ccccc2F)no1. The molecule has 3 heterocycles. The summed E-state index contributed by atoms with van der Waals surface area (Å²) < 4.78 is 20.9. The molecular formula is C18H13FN4O3S2.